The van der Waals surface area contributed by atoms with Crippen molar-refractivity contribution in [1.82, 2.24) is 4.98 Å². The van der Waals surface area contributed by atoms with E-state index in [1.807, 2.05) is 24.3 Å². The van der Waals surface area contributed by atoms with Gasteiger partial charge in [0.2, 0.25) is 0 Å². The summed E-state index contributed by atoms with van der Waals surface area (Å²) >= 11 is 7.75. The Kier molecular flexibility index (Phi) is 5.38. The van der Waals surface area contributed by atoms with Gasteiger partial charge in [0.25, 0.3) is 5.91 Å². The fraction of sp³-hybridized carbons (Fsp3) is 0.0909. The summed E-state index contributed by atoms with van der Waals surface area (Å²) in [6.45, 7) is 0. The van der Waals surface area contributed by atoms with Crippen molar-refractivity contribution in [3.63, 3.8) is 0 Å². The number of para-hydroxylation sites is 1. The second kappa shape index (κ2) is 8.11. The molecule has 0 atom stereocenters. The molecule has 0 spiro atoms. The summed E-state index contributed by atoms with van der Waals surface area (Å²) in [6, 6.07) is 20.0. The van der Waals surface area contributed by atoms with Crippen LogP contribution < -0.4 is 14.4 Å². The quantitative estimate of drug-likeness (QED) is 0.397. The third kappa shape index (κ3) is 3.64. The summed E-state index contributed by atoms with van der Waals surface area (Å²) in [5.74, 6) is 0.815. The molecule has 0 fully saturated rings. The summed E-state index contributed by atoms with van der Waals surface area (Å²) in [5.41, 5.74) is 1.82. The average molecular weight is 425 g/mol. The number of ether oxygens (including phenoxy) is 2. The van der Waals surface area contributed by atoms with Crippen molar-refractivity contribution >= 4 is 49.9 Å². The Bertz CT molecular complexity index is 1160. The lowest BCUT2D eigenvalue weighted by Gasteiger charge is -2.22. The van der Waals surface area contributed by atoms with Crippen molar-refractivity contribution in [2.45, 2.75) is 0 Å². The van der Waals surface area contributed by atoms with Crippen molar-refractivity contribution in [2.75, 3.05) is 19.1 Å². The van der Waals surface area contributed by atoms with Crippen LogP contribution in [0.2, 0.25) is 5.02 Å². The summed E-state index contributed by atoms with van der Waals surface area (Å²) in [4.78, 5) is 19.8. The lowest BCUT2D eigenvalue weighted by Crippen LogP contribution is -2.26. The molecular weight excluding hydrogens is 408 g/mol. The van der Waals surface area contributed by atoms with Gasteiger partial charge in [-0.1, -0.05) is 47.2 Å². The fourth-order valence-corrected chi connectivity index (χ4v) is 4.19. The number of benzene rings is 3. The molecular formula is C22H17ClN2O3S. The molecule has 3 aromatic carbocycles. The number of thiazole rings is 1. The number of nitrogens with zero attached hydrogens (tertiary/aromatic N) is 2. The Morgan fingerprint density at radius 1 is 0.966 bits per heavy atom. The average Bonchev–Trinajstić information content (AvgIpc) is 3.17. The Labute approximate surface area is 177 Å². The highest BCUT2D eigenvalue weighted by atomic mass is 35.5. The first-order valence-corrected chi connectivity index (χ1v) is 9.98. The van der Waals surface area contributed by atoms with Crippen molar-refractivity contribution in [1.29, 1.82) is 0 Å². The van der Waals surface area contributed by atoms with Crippen molar-refractivity contribution in [2.24, 2.45) is 0 Å². The SMILES string of the molecule is COc1ccc(N(C(=O)c2ccccc2Cl)c2nc3ccccc3s2)cc1OC. The van der Waals surface area contributed by atoms with E-state index in [0.29, 0.717) is 32.9 Å². The molecule has 0 radical (unpaired) electrons. The van der Waals surface area contributed by atoms with Gasteiger partial charge in [-0.2, -0.15) is 0 Å². The predicted molar refractivity (Wildman–Crippen MR) is 117 cm³/mol. The highest BCUT2D eigenvalue weighted by molar-refractivity contribution is 7.22. The van der Waals surface area contributed by atoms with E-state index in [1.165, 1.54) is 11.3 Å². The van der Waals surface area contributed by atoms with E-state index in [2.05, 4.69) is 4.98 Å². The van der Waals surface area contributed by atoms with E-state index < -0.39 is 0 Å². The summed E-state index contributed by atoms with van der Waals surface area (Å²) in [6.07, 6.45) is 0. The van der Waals surface area contributed by atoms with Crippen LogP contribution in [0.25, 0.3) is 10.2 Å². The van der Waals surface area contributed by atoms with E-state index in [0.717, 1.165) is 10.2 Å². The molecule has 29 heavy (non-hydrogen) atoms. The third-order valence-electron chi connectivity index (χ3n) is 4.41. The van der Waals surface area contributed by atoms with E-state index in [-0.39, 0.29) is 5.91 Å². The smallest absolute Gasteiger partial charge is 0.266 e. The number of methoxy groups -OCH3 is 2. The van der Waals surface area contributed by atoms with Gasteiger partial charge in [-0.15, -0.1) is 0 Å². The van der Waals surface area contributed by atoms with Gasteiger partial charge in [0, 0.05) is 6.07 Å². The first-order valence-electron chi connectivity index (χ1n) is 8.79. The zero-order valence-electron chi connectivity index (χ0n) is 15.8. The Hall–Kier alpha value is -3.09. The van der Waals surface area contributed by atoms with Crippen LogP contribution in [0.5, 0.6) is 11.5 Å². The highest BCUT2D eigenvalue weighted by Gasteiger charge is 2.25. The largest absolute Gasteiger partial charge is 0.493 e. The Morgan fingerprint density at radius 3 is 2.41 bits per heavy atom. The van der Waals surface area contributed by atoms with Gasteiger partial charge in [-0.3, -0.25) is 9.69 Å². The van der Waals surface area contributed by atoms with Crippen LogP contribution in [-0.4, -0.2) is 25.1 Å². The first kappa shape index (κ1) is 19.2. The zero-order valence-corrected chi connectivity index (χ0v) is 17.3. The number of carbonyl (C=O) groups excluding carboxylic acids is 1. The zero-order chi connectivity index (χ0) is 20.4. The lowest BCUT2D eigenvalue weighted by molar-refractivity contribution is 0.0999. The van der Waals surface area contributed by atoms with Gasteiger partial charge in [0.1, 0.15) is 0 Å². The summed E-state index contributed by atoms with van der Waals surface area (Å²) in [5, 5.41) is 0.924. The Balaban J connectivity index is 1.89. The molecule has 0 aliphatic carbocycles. The number of hydrogen-bond acceptors (Lipinski definition) is 5. The molecule has 146 valence electrons. The number of anilines is 2. The number of carbonyl (C=O) groups is 1. The van der Waals surface area contributed by atoms with Crippen LogP contribution >= 0.6 is 22.9 Å². The minimum Gasteiger partial charge on any atom is -0.493 e. The number of hydrogen-bond donors (Lipinski definition) is 0. The number of fused-ring (bicyclic) bond motifs is 1. The molecule has 1 aromatic heterocycles. The molecule has 0 aliphatic rings. The number of aromatic nitrogens is 1. The molecule has 0 saturated carbocycles. The summed E-state index contributed by atoms with van der Waals surface area (Å²) < 4.78 is 11.7. The fourth-order valence-electron chi connectivity index (χ4n) is 2.99. The van der Waals surface area contributed by atoms with Crippen LogP contribution in [0.1, 0.15) is 10.4 Å². The van der Waals surface area contributed by atoms with E-state index in [9.17, 15) is 4.79 Å². The van der Waals surface area contributed by atoms with Crippen molar-refractivity contribution in [3.8, 4) is 11.5 Å². The number of amides is 1. The van der Waals surface area contributed by atoms with Gasteiger partial charge >= 0.3 is 0 Å². The lowest BCUT2D eigenvalue weighted by atomic mass is 10.1. The number of halogens is 1. The van der Waals surface area contributed by atoms with E-state index in [1.54, 1.807) is 61.6 Å². The molecule has 0 N–H and O–H groups in total. The normalized spacial score (nSPS) is 10.7. The molecule has 7 heteroatoms. The maximum absolute atomic E-state index is 13.5. The van der Waals surface area contributed by atoms with Gasteiger partial charge in [0.15, 0.2) is 16.6 Å². The molecule has 0 unspecified atom stereocenters. The van der Waals surface area contributed by atoms with Crippen LogP contribution in [0, 0.1) is 0 Å². The monoisotopic (exact) mass is 424 g/mol. The second-order valence-electron chi connectivity index (χ2n) is 6.12. The minimum atomic E-state index is -0.276. The summed E-state index contributed by atoms with van der Waals surface area (Å²) in [7, 11) is 3.12. The molecule has 0 saturated heterocycles. The van der Waals surface area contributed by atoms with Crippen molar-refractivity contribution < 1.29 is 14.3 Å². The second-order valence-corrected chi connectivity index (χ2v) is 7.54. The Morgan fingerprint density at radius 2 is 1.69 bits per heavy atom. The maximum atomic E-state index is 13.5. The molecule has 4 rings (SSSR count). The van der Waals surface area contributed by atoms with Gasteiger partial charge < -0.3 is 9.47 Å². The molecule has 5 nitrogen and oxygen atoms in total. The van der Waals surface area contributed by atoms with Crippen LogP contribution in [-0.2, 0) is 0 Å². The minimum absolute atomic E-state index is 0.276. The topological polar surface area (TPSA) is 51.7 Å². The molecule has 1 amide bonds. The third-order valence-corrected chi connectivity index (χ3v) is 5.76. The predicted octanol–water partition coefficient (Wildman–Crippen LogP) is 5.95. The number of rotatable bonds is 5. The molecule has 4 aromatic rings. The molecule has 1 heterocycles. The van der Waals surface area contributed by atoms with Crippen LogP contribution in [0.4, 0.5) is 10.8 Å². The van der Waals surface area contributed by atoms with Gasteiger partial charge in [0.05, 0.1) is 40.7 Å². The van der Waals surface area contributed by atoms with Crippen LogP contribution in [0.3, 0.4) is 0 Å². The first-order chi connectivity index (χ1) is 14.1. The molecule has 0 bridgehead atoms. The van der Waals surface area contributed by atoms with Gasteiger partial charge in [-0.25, -0.2) is 4.98 Å². The van der Waals surface area contributed by atoms with E-state index in [4.69, 9.17) is 21.1 Å². The van der Waals surface area contributed by atoms with Crippen LogP contribution in [0.15, 0.2) is 66.7 Å². The molecule has 0 aliphatic heterocycles. The van der Waals surface area contributed by atoms with E-state index >= 15 is 0 Å². The van der Waals surface area contributed by atoms with Gasteiger partial charge in [-0.05, 0) is 36.4 Å². The highest BCUT2D eigenvalue weighted by Crippen LogP contribution is 2.39. The standard InChI is InChI=1S/C22H17ClN2O3S/c1-27-18-12-11-14(13-19(18)28-2)25(21(26)15-7-3-4-8-16(15)23)22-24-17-9-5-6-10-20(17)29-22/h3-13H,1-2H3. The maximum Gasteiger partial charge on any atom is 0.266 e. The van der Waals surface area contributed by atoms with Crippen molar-refractivity contribution in [3.05, 3.63) is 77.3 Å².